The van der Waals surface area contributed by atoms with Gasteiger partial charge in [-0.1, -0.05) is 0 Å². The van der Waals surface area contributed by atoms with E-state index in [-0.39, 0.29) is 17.8 Å². The molecule has 26 heavy (non-hydrogen) atoms. The first kappa shape index (κ1) is 16.5. The number of rotatable bonds is 2. The summed E-state index contributed by atoms with van der Waals surface area (Å²) in [6, 6.07) is 8.82. The zero-order valence-electron chi connectivity index (χ0n) is 14.8. The minimum atomic E-state index is -0.347. The van der Waals surface area contributed by atoms with E-state index in [1.54, 1.807) is 12.4 Å². The van der Waals surface area contributed by atoms with Crippen molar-refractivity contribution >= 4 is 22.8 Å². The Morgan fingerprint density at radius 1 is 1.19 bits per heavy atom. The van der Waals surface area contributed by atoms with Crippen molar-refractivity contribution in [1.82, 2.24) is 19.4 Å². The SMILES string of the molecule is CC1CN(C(=O)c2ccc3c(c2)ncn3C)CCN1c1ccc(F)cn1. The molecule has 0 N–H and O–H groups in total. The smallest absolute Gasteiger partial charge is 0.254 e. The number of pyridine rings is 1. The van der Waals surface area contributed by atoms with Crippen molar-refractivity contribution in [3.63, 3.8) is 0 Å². The molecule has 1 aliphatic heterocycles. The molecular formula is C19H20FN5O. The highest BCUT2D eigenvalue weighted by Crippen LogP contribution is 2.21. The largest absolute Gasteiger partial charge is 0.350 e. The molecule has 1 atom stereocenters. The topological polar surface area (TPSA) is 54.3 Å². The molecule has 1 saturated heterocycles. The van der Waals surface area contributed by atoms with Gasteiger partial charge in [-0.3, -0.25) is 4.79 Å². The lowest BCUT2D eigenvalue weighted by Gasteiger charge is -2.40. The predicted octanol–water partition coefficient (Wildman–Crippen LogP) is 2.46. The van der Waals surface area contributed by atoms with Gasteiger partial charge < -0.3 is 14.4 Å². The summed E-state index contributed by atoms with van der Waals surface area (Å²) in [6.07, 6.45) is 2.97. The van der Waals surface area contributed by atoms with Crippen LogP contribution in [0.2, 0.25) is 0 Å². The monoisotopic (exact) mass is 353 g/mol. The molecule has 1 fully saturated rings. The molecule has 3 aromatic rings. The molecule has 1 unspecified atom stereocenters. The number of aromatic nitrogens is 3. The summed E-state index contributed by atoms with van der Waals surface area (Å²) in [5.74, 6) is 0.400. The van der Waals surface area contributed by atoms with Crippen LogP contribution in [0.5, 0.6) is 0 Å². The number of hydrogen-bond acceptors (Lipinski definition) is 4. The zero-order chi connectivity index (χ0) is 18.3. The molecule has 1 aromatic carbocycles. The predicted molar refractivity (Wildman–Crippen MR) is 97.6 cm³/mol. The summed E-state index contributed by atoms with van der Waals surface area (Å²) in [6.45, 7) is 3.91. The number of benzene rings is 1. The van der Waals surface area contributed by atoms with Crippen molar-refractivity contribution in [3.8, 4) is 0 Å². The van der Waals surface area contributed by atoms with Crippen LogP contribution in [0, 0.1) is 5.82 Å². The van der Waals surface area contributed by atoms with Crippen LogP contribution in [0.1, 0.15) is 17.3 Å². The van der Waals surface area contributed by atoms with Crippen molar-refractivity contribution in [3.05, 3.63) is 54.2 Å². The van der Waals surface area contributed by atoms with Crippen molar-refractivity contribution in [1.29, 1.82) is 0 Å². The minimum absolute atomic E-state index is 0.0103. The number of fused-ring (bicyclic) bond motifs is 1. The summed E-state index contributed by atoms with van der Waals surface area (Å²) in [4.78, 5) is 25.3. The number of aryl methyl sites for hydroxylation is 1. The number of carbonyl (C=O) groups is 1. The van der Waals surface area contributed by atoms with Gasteiger partial charge in [0.2, 0.25) is 0 Å². The molecule has 1 amide bonds. The van der Waals surface area contributed by atoms with E-state index in [9.17, 15) is 9.18 Å². The molecule has 6 nitrogen and oxygen atoms in total. The second-order valence-corrected chi connectivity index (χ2v) is 6.69. The van der Waals surface area contributed by atoms with E-state index < -0.39 is 0 Å². The lowest BCUT2D eigenvalue weighted by Crippen LogP contribution is -2.54. The number of anilines is 1. The van der Waals surface area contributed by atoms with Crippen LogP contribution in [0.25, 0.3) is 11.0 Å². The molecule has 1 aliphatic rings. The molecular weight excluding hydrogens is 333 g/mol. The van der Waals surface area contributed by atoms with Gasteiger partial charge in [0, 0.05) is 38.3 Å². The Morgan fingerprint density at radius 3 is 2.77 bits per heavy atom. The molecule has 4 rings (SSSR count). The molecule has 0 aliphatic carbocycles. The van der Waals surface area contributed by atoms with Gasteiger partial charge >= 0.3 is 0 Å². The van der Waals surface area contributed by atoms with E-state index in [1.807, 2.05) is 41.6 Å². The van der Waals surface area contributed by atoms with E-state index in [1.165, 1.54) is 12.3 Å². The Bertz CT molecular complexity index is 952. The van der Waals surface area contributed by atoms with Gasteiger partial charge in [0.05, 0.1) is 23.6 Å². The maximum Gasteiger partial charge on any atom is 0.254 e. The minimum Gasteiger partial charge on any atom is -0.350 e. The number of nitrogens with zero attached hydrogens (tertiary/aromatic N) is 5. The molecule has 0 saturated carbocycles. The van der Waals surface area contributed by atoms with Crippen molar-refractivity contribution in [2.24, 2.45) is 7.05 Å². The average Bonchev–Trinajstić information content (AvgIpc) is 3.02. The summed E-state index contributed by atoms with van der Waals surface area (Å²) in [7, 11) is 1.93. The third-order valence-electron chi connectivity index (χ3n) is 4.89. The summed E-state index contributed by atoms with van der Waals surface area (Å²) >= 11 is 0. The van der Waals surface area contributed by atoms with E-state index >= 15 is 0 Å². The third-order valence-corrected chi connectivity index (χ3v) is 4.89. The molecule has 0 spiro atoms. The van der Waals surface area contributed by atoms with Crippen LogP contribution in [0.3, 0.4) is 0 Å². The maximum absolute atomic E-state index is 13.1. The van der Waals surface area contributed by atoms with Crippen molar-refractivity contribution in [2.75, 3.05) is 24.5 Å². The van der Waals surface area contributed by atoms with Crippen molar-refractivity contribution < 1.29 is 9.18 Å². The van der Waals surface area contributed by atoms with Gasteiger partial charge in [0.25, 0.3) is 5.91 Å². The average molecular weight is 353 g/mol. The van der Waals surface area contributed by atoms with E-state index in [0.717, 1.165) is 16.9 Å². The number of hydrogen-bond donors (Lipinski definition) is 0. The summed E-state index contributed by atoms with van der Waals surface area (Å²) in [5.41, 5.74) is 2.47. The molecule has 2 aromatic heterocycles. The van der Waals surface area contributed by atoms with Gasteiger partial charge in [0.1, 0.15) is 11.6 Å². The molecule has 7 heteroatoms. The number of amides is 1. The highest BCUT2D eigenvalue weighted by molar-refractivity contribution is 5.97. The second kappa shape index (κ2) is 6.40. The molecule has 134 valence electrons. The van der Waals surface area contributed by atoms with E-state index in [4.69, 9.17) is 0 Å². The Kier molecular flexibility index (Phi) is 4.06. The van der Waals surface area contributed by atoms with Gasteiger partial charge in [-0.25, -0.2) is 14.4 Å². The van der Waals surface area contributed by atoms with Gasteiger partial charge in [-0.05, 0) is 37.3 Å². The summed E-state index contributed by atoms with van der Waals surface area (Å²) < 4.78 is 15.0. The van der Waals surface area contributed by atoms with Gasteiger partial charge in [0.15, 0.2) is 0 Å². The Morgan fingerprint density at radius 2 is 2.04 bits per heavy atom. The van der Waals surface area contributed by atoms with Gasteiger partial charge in [-0.15, -0.1) is 0 Å². The van der Waals surface area contributed by atoms with E-state index in [0.29, 0.717) is 25.2 Å². The Balaban J connectivity index is 1.50. The first-order valence-corrected chi connectivity index (χ1v) is 8.61. The quantitative estimate of drug-likeness (QED) is 0.710. The highest BCUT2D eigenvalue weighted by Gasteiger charge is 2.28. The molecule has 3 heterocycles. The van der Waals surface area contributed by atoms with Crippen molar-refractivity contribution in [2.45, 2.75) is 13.0 Å². The Labute approximate surface area is 150 Å². The Hall–Kier alpha value is -2.96. The van der Waals surface area contributed by atoms with Crippen LogP contribution < -0.4 is 4.90 Å². The fraction of sp³-hybridized carbons (Fsp3) is 0.316. The first-order chi connectivity index (χ1) is 12.5. The fourth-order valence-electron chi connectivity index (χ4n) is 3.47. The fourth-order valence-corrected chi connectivity index (χ4v) is 3.47. The van der Waals surface area contributed by atoms with Crippen LogP contribution in [0.4, 0.5) is 10.2 Å². The van der Waals surface area contributed by atoms with Gasteiger partial charge in [-0.2, -0.15) is 0 Å². The number of piperazine rings is 1. The highest BCUT2D eigenvalue weighted by atomic mass is 19.1. The van der Waals surface area contributed by atoms with E-state index in [2.05, 4.69) is 14.9 Å². The summed E-state index contributed by atoms with van der Waals surface area (Å²) in [5, 5.41) is 0. The molecule has 0 bridgehead atoms. The number of imidazole rings is 1. The standard InChI is InChI=1S/C19H20FN5O/c1-13-11-24(7-8-25(13)18-6-4-15(20)10-21-18)19(26)14-3-5-17-16(9-14)22-12-23(17)2/h3-6,9-10,12-13H,7-8,11H2,1-2H3. The molecule has 0 radical (unpaired) electrons. The second-order valence-electron chi connectivity index (χ2n) is 6.69. The van der Waals surface area contributed by atoms with Crippen LogP contribution in [-0.2, 0) is 7.05 Å². The number of halogens is 1. The number of carbonyl (C=O) groups excluding carboxylic acids is 1. The first-order valence-electron chi connectivity index (χ1n) is 8.61. The normalized spacial score (nSPS) is 17.7. The third kappa shape index (κ3) is 2.89. The lowest BCUT2D eigenvalue weighted by atomic mass is 10.1. The van der Waals surface area contributed by atoms with Crippen LogP contribution in [0.15, 0.2) is 42.9 Å². The van der Waals surface area contributed by atoms with Crippen LogP contribution >= 0.6 is 0 Å². The van der Waals surface area contributed by atoms with Crippen LogP contribution in [-0.4, -0.2) is 51.0 Å². The maximum atomic E-state index is 13.1. The zero-order valence-corrected chi connectivity index (χ0v) is 14.8. The lowest BCUT2D eigenvalue weighted by molar-refractivity contribution is 0.0726.